The van der Waals surface area contributed by atoms with Gasteiger partial charge in [-0.05, 0) is 109 Å². The topological polar surface area (TPSA) is 184 Å². The lowest BCUT2D eigenvalue weighted by Gasteiger charge is -2.35. The molecule has 15 heteroatoms. The molecule has 6 aromatic rings. The molecule has 2 aromatic heterocycles. The Hall–Kier alpha value is -6.66. The number of imidazole rings is 2. The number of benzene rings is 4. The summed E-state index contributed by atoms with van der Waals surface area (Å²) < 4.78 is 15.3. The van der Waals surface area contributed by atoms with E-state index in [-0.39, 0.29) is 47.8 Å². The number of fused-ring (bicyclic) bond motifs is 8. The van der Waals surface area contributed by atoms with E-state index in [1.807, 2.05) is 47.9 Å². The smallest absolute Gasteiger partial charge is 0.407 e. The summed E-state index contributed by atoms with van der Waals surface area (Å²) in [5.41, 5.74) is 5.25. The molecule has 4 N–H and O–H groups in total. The van der Waals surface area contributed by atoms with Crippen molar-refractivity contribution in [1.29, 1.82) is 0 Å². The first kappa shape index (κ1) is 41.1. The fourth-order valence-corrected chi connectivity index (χ4v) is 10.9. The van der Waals surface area contributed by atoms with Crippen LogP contribution in [0.2, 0.25) is 0 Å². The zero-order valence-electron chi connectivity index (χ0n) is 36.9. The Morgan fingerprint density at radius 2 is 1.20 bits per heavy atom. The highest BCUT2D eigenvalue weighted by Crippen LogP contribution is 2.55. The van der Waals surface area contributed by atoms with Crippen LogP contribution >= 0.6 is 0 Å². The highest BCUT2D eigenvalue weighted by atomic mass is 16.5. The second kappa shape index (κ2) is 16.1. The van der Waals surface area contributed by atoms with Gasteiger partial charge in [0.1, 0.15) is 23.7 Å². The largest absolute Gasteiger partial charge is 0.453 e. The van der Waals surface area contributed by atoms with Gasteiger partial charge < -0.3 is 44.6 Å². The number of carbonyl (C=O) groups excluding carboxylic acids is 4. The minimum Gasteiger partial charge on any atom is -0.453 e. The van der Waals surface area contributed by atoms with Crippen LogP contribution in [0.25, 0.3) is 43.6 Å². The molecule has 5 aliphatic rings. The highest BCUT2D eigenvalue weighted by Gasteiger charge is 2.58. The predicted molar refractivity (Wildman–Crippen MR) is 242 cm³/mol. The summed E-state index contributed by atoms with van der Waals surface area (Å²) in [6, 6.07) is 19.0. The molecular weight excluding hydrogens is 825 g/mol. The number of alkyl carbamates (subject to hydrolysis) is 2. The van der Waals surface area contributed by atoms with Gasteiger partial charge in [-0.25, -0.2) is 19.6 Å². The van der Waals surface area contributed by atoms with Crippen molar-refractivity contribution in [2.24, 2.45) is 23.7 Å². The third-order valence-corrected chi connectivity index (χ3v) is 14.5. The monoisotopic (exact) mass is 876 g/mol. The Morgan fingerprint density at radius 1 is 0.692 bits per heavy atom. The number of aromatic nitrogens is 4. The molecule has 0 radical (unpaired) electrons. The molecule has 8 atom stereocenters. The highest BCUT2D eigenvalue weighted by molar-refractivity contribution is 6.06. The van der Waals surface area contributed by atoms with Gasteiger partial charge in [-0.1, -0.05) is 50.0 Å². The van der Waals surface area contributed by atoms with E-state index in [1.165, 1.54) is 14.2 Å². The first-order valence-corrected chi connectivity index (χ1v) is 22.8. The van der Waals surface area contributed by atoms with Gasteiger partial charge in [0.2, 0.25) is 11.8 Å². The van der Waals surface area contributed by atoms with E-state index in [0.29, 0.717) is 37.9 Å². The first-order chi connectivity index (χ1) is 31.6. The van der Waals surface area contributed by atoms with Gasteiger partial charge in [-0.3, -0.25) is 9.59 Å². The first-order valence-electron chi connectivity index (χ1n) is 22.8. The number of nitrogens with one attached hydrogen (secondary N) is 4. The fourth-order valence-electron chi connectivity index (χ4n) is 10.9. The van der Waals surface area contributed by atoms with Gasteiger partial charge in [-0.2, -0.15) is 0 Å². The SMILES string of the molecule is COC(=O)N[C@H](C(=O)N1[C@@H]2C[C@@H]2C[C@H]1c1nc2c(ccc3cc(C#Cc4ccc5c(ccc6[nH]c([C@@H]7C[C@H]8C[C@H]8N7C(=O)[C@@H](NC(=O)OC)C7CCOCC7)nc65)c4)ccc32)[nH]1)C(C)C. The lowest BCUT2D eigenvalue weighted by molar-refractivity contribution is -0.138. The van der Waals surface area contributed by atoms with Crippen LogP contribution in [0.3, 0.4) is 0 Å². The summed E-state index contributed by atoms with van der Waals surface area (Å²) in [6.45, 7) is 4.97. The maximum absolute atomic E-state index is 14.3. The minimum atomic E-state index is -0.691. The number of amides is 4. The zero-order chi connectivity index (χ0) is 44.7. The summed E-state index contributed by atoms with van der Waals surface area (Å²) >= 11 is 0. The van der Waals surface area contributed by atoms with Crippen LogP contribution in [0.15, 0.2) is 60.7 Å². The van der Waals surface area contributed by atoms with Gasteiger partial charge in [0.25, 0.3) is 0 Å². The molecule has 4 aromatic carbocycles. The summed E-state index contributed by atoms with van der Waals surface area (Å²) in [7, 11) is 2.63. The van der Waals surface area contributed by atoms with E-state index in [1.54, 1.807) is 0 Å². The molecule has 5 fully saturated rings. The number of piperidine rings is 2. The van der Waals surface area contributed by atoms with Gasteiger partial charge >= 0.3 is 12.2 Å². The molecule has 4 amide bonds. The fraction of sp³-hybridized carbons (Fsp3) is 0.440. The van der Waals surface area contributed by atoms with Crippen LogP contribution < -0.4 is 10.6 Å². The number of aromatic amines is 2. The lowest BCUT2D eigenvalue weighted by Crippen LogP contribution is -2.54. The molecule has 11 rings (SSSR count). The number of likely N-dealkylation sites (tertiary alicyclic amines) is 2. The molecule has 334 valence electrons. The molecule has 2 saturated carbocycles. The Kier molecular flexibility index (Phi) is 10.2. The summed E-state index contributed by atoms with van der Waals surface area (Å²) in [6.07, 6.45) is 3.77. The van der Waals surface area contributed by atoms with Crippen molar-refractivity contribution in [3.05, 3.63) is 83.4 Å². The van der Waals surface area contributed by atoms with Crippen LogP contribution in [0.5, 0.6) is 0 Å². The van der Waals surface area contributed by atoms with Crippen LogP contribution in [-0.2, 0) is 23.8 Å². The van der Waals surface area contributed by atoms with E-state index in [4.69, 9.17) is 24.2 Å². The quantitative estimate of drug-likeness (QED) is 0.117. The van der Waals surface area contributed by atoms with Crippen molar-refractivity contribution >= 4 is 67.6 Å². The third-order valence-electron chi connectivity index (χ3n) is 14.5. The molecule has 5 heterocycles. The van der Waals surface area contributed by atoms with Crippen LogP contribution in [0.1, 0.15) is 87.2 Å². The molecule has 15 nitrogen and oxygen atoms in total. The molecule has 2 aliphatic carbocycles. The molecule has 65 heavy (non-hydrogen) atoms. The predicted octanol–water partition coefficient (Wildman–Crippen LogP) is 7.00. The Morgan fingerprint density at radius 3 is 1.71 bits per heavy atom. The maximum Gasteiger partial charge on any atom is 0.407 e. The number of nitrogens with zero attached hydrogens (tertiary/aromatic N) is 4. The Balaban J connectivity index is 0.825. The molecular formula is C50H52N8O7. The van der Waals surface area contributed by atoms with E-state index in [9.17, 15) is 19.2 Å². The summed E-state index contributed by atoms with van der Waals surface area (Å²) in [5, 5.41) is 9.64. The van der Waals surface area contributed by atoms with Gasteiger partial charge in [0, 0.05) is 47.2 Å². The minimum absolute atomic E-state index is 0.0303. The molecule has 0 unspecified atom stereocenters. The molecule has 0 spiro atoms. The third kappa shape index (κ3) is 7.37. The second-order valence-corrected chi connectivity index (χ2v) is 18.8. The van der Waals surface area contributed by atoms with Crippen molar-refractivity contribution in [2.75, 3.05) is 27.4 Å². The van der Waals surface area contributed by atoms with Crippen molar-refractivity contribution in [3.8, 4) is 11.8 Å². The number of carbonyl (C=O) groups is 4. The number of methoxy groups -OCH3 is 2. The number of hydrogen-bond donors (Lipinski definition) is 4. The molecule has 3 saturated heterocycles. The number of rotatable bonds is 8. The van der Waals surface area contributed by atoms with Crippen LogP contribution in [-0.4, -0.2) is 105 Å². The maximum atomic E-state index is 14.3. The van der Waals surface area contributed by atoms with Gasteiger partial charge in [0.15, 0.2) is 0 Å². The second-order valence-electron chi connectivity index (χ2n) is 18.8. The number of H-pyrrole nitrogens is 2. The van der Waals surface area contributed by atoms with E-state index < -0.39 is 24.3 Å². The van der Waals surface area contributed by atoms with Crippen molar-refractivity contribution in [2.45, 2.75) is 88.6 Å². The van der Waals surface area contributed by atoms with Gasteiger partial charge in [-0.15, -0.1) is 0 Å². The Labute approximate surface area is 375 Å². The summed E-state index contributed by atoms with van der Waals surface area (Å²) in [4.78, 5) is 74.1. The van der Waals surface area contributed by atoms with E-state index >= 15 is 0 Å². The number of hydrogen-bond acceptors (Lipinski definition) is 9. The van der Waals surface area contributed by atoms with Crippen LogP contribution in [0.4, 0.5) is 9.59 Å². The van der Waals surface area contributed by atoms with Crippen molar-refractivity contribution < 1.29 is 33.4 Å². The standard InChI is InChI=1S/C50H52N8O7/c1-25(2)41(55-49(61)63-3)47(59)57-37-21-31(37)23-39(57)45-51-35-13-9-29-19-26(7-11-33(29)43(35)53-45)5-6-27-8-12-34-30(20-27)10-14-36-44(34)54-46(52-36)40-24-32-22-38(32)58(40)48(60)42(56-50(62)64-4)28-15-17-65-18-16-28/h7-14,19-20,25,28,31-32,37-42H,15-18,21-24H2,1-4H3,(H,51,53)(H,52,54)(H,55,61)(H,56,62)/t31-,32-,37-,38-,39+,40+,41+,42+/m1/s1. The van der Waals surface area contributed by atoms with Crippen molar-refractivity contribution in [1.82, 2.24) is 40.4 Å². The normalized spacial score (nSPS) is 24.4. The van der Waals surface area contributed by atoms with E-state index in [2.05, 4.69) is 68.8 Å². The lowest BCUT2D eigenvalue weighted by atomic mass is 9.90. The average Bonchev–Trinajstić information content (AvgIpc) is 3.97. The van der Waals surface area contributed by atoms with Crippen LogP contribution in [0, 0.1) is 35.5 Å². The van der Waals surface area contributed by atoms with E-state index in [0.717, 1.165) is 92.1 Å². The Bertz CT molecular complexity index is 2980. The zero-order valence-corrected chi connectivity index (χ0v) is 36.9. The molecule has 3 aliphatic heterocycles. The van der Waals surface area contributed by atoms with Gasteiger partial charge in [0.05, 0.1) is 48.4 Å². The average molecular weight is 877 g/mol. The molecule has 0 bridgehead atoms. The van der Waals surface area contributed by atoms with Crippen molar-refractivity contribution in [3.63, 3.8) is 0 Å². The number of ether oxygens (including phenoxy) is 3. The summed E-state index contributed by atoms with van der Waals surface area (Å²) in [5.74, 6) is 8.79.